The van der Waals surface area contributed by atoms with Gasteiger partial charge in [-0.15, -0.1) is 0 Å². The molecule has 4 aliphatic rings. The van der Waals surface area contributed by atoms with E-state index in [0.29, 0.717) is 44.5 Å². The van der Waals surface area contributed by atoms with Crippen molar-refractivity contribution >= 4 is 76.7 Å². The molecule has 0 spiro atoms. The number of amides is 6. The summed E-state index contributed by atoms with van der Waals surface area (Å²) in [4.78, 5) is 89.2. The maximum atomic E-state index is 13.6. The third kappa shape index (κ3) is 34.2. The molecule has 0 aromatic heterocycles. The Hall–Kier alpha value is -2.76. The molecule has 0 aliphatic carbocycles. The Labute approximate surface area is 637 Å². The van der Waals surface area contributed by atoms with Crippen molar-refractivity contribution in [3.8, 4) is 0 Å². The molecule has 39 heteroatoms. The number of carboxylic acid groups (broad SMARTS) is 1. The van der Waals surface area contributed by atoms with Crippen molar-refractivity contribution in [2.45, 2.75) is 221 Å². The second-order valence-electron chi connectivity index (χ2n) is 25.4. The van der Waals surface area contributed by atoms with Crippen molar-refractivity contribution in [1.82, 2.24) is 31.9 Å². The van der Waals surface area contributed by atoms with Gasteiger partial charge in [0.2, 0.25) is 35.4 Å². The van der Waals surface area contributed by atoms with Gasteiger partial charge in [-0.3, -0.25) is 33.6 Å². The van der Waals surface area contributed by atoms with E-state index in [2.05, 4.69) is 31.9 Å². The molecule has 1 radical (unpaired) electrons. The van der Waals surface area contributed by atoms with Crippen LogP contribution in [-0.4, -0.2) is 348 Å². The van der Waals surface area contributed by atoms with Crippen molar-refractivity contribution in [1.29, 1.82) is 0 Å². The van der Waals surface area contributed by atoms with Crippen molar-refractivity contribution in [2.75, 3.05) is 128 Å². The number of hydrogen-bond donors (Lipinski definition) is 18. The molecule has 611 valence electrons. The molecule has 19 N–H and O–H groups in total. The molecule has 0 aromatic rings. The van der Waals surface area contributed by atoms with E-state index in [1.165, 1.54) is 0 Å². The second-order valence-corrected chi connectivity index (χ2v) is 28.3. The van der Waals surface area contributed by atoms with E-state index in [-0.39, 0.29) is 105 Å². The summed E-state index contributed by atoms with van der Waals surface area (Å²) in [5, 5.41) is 136. The Morgan fingerprint density at radius 1 is 0.433 bits per heavy atom. The van der Waals surface area contributed by atoms with E-state index in [1.54, 1.807) is 42.2 Å². The molecular weight excluding hydrogens is 1620 g/mol. The molecule has 4 rings (SSSR count). The summed E-state index contributed by atoms with van der Waals surface area (Å²) in [5.74, 6) is -2.94. The fourth-order valence-corrected chi connectivity index (χ4v) is 12.3. The maximum Gasteiger partial charge on any atom is 0.303 e. The maximum absolute atomic E-state index is 13.6. The monoisotopic (exact) mass is 1740 g/mol. The van der Waals surface area contributed by atoms with Crippen LogP contribution in [0.25, 0.3) is 0 Å². The van der Waals surface area contributed by atoms with Crippen LogP contribution in [0.5, 0.6) is 0 Å². The van der Waals surface area contributed by atoms with E-state index in [1.807, 2.05) is 39.5 Å². The summed E-state index contributed by atoms with van der Waals surface area (Å²) in [5.41, 5.74) is 5.12. The molecule has 35 nitrogen and oxygen atoms in total. The van der Waals surface area contributed by atoms with Crippen LogP contribution in [0.2, 0.25) is 0 Å². The Kier molecular flexibility index (Phi) is 51.3. The zero-order valence-electron chi connectivity index (χ0n) is 60.5. The number of hydrogen-bond acceptors (Lipinski definition) is 31. The number of nitrogens with two attached hydrogens (primary N) is 1. The molecule has 4 aliphatic heterocycles. The predicted octanol–water partition coefficient (Wildman–Crippen LogP) is -4.59. The Bertz CT molecular complexity index is 2420. The van der Waals surface area contributed by atoms with Gasteiger partial charge in [-0.05, 0) is 57.3 Å². The molecule has 23 unspecified atom stereocenters. The average molecular weight is 1740 g/mol. The zero-order valence-corrected chi connectivity index (χ0v) is 65.2. The number of unbranched alkanes of at least 4 members (excludes halogenated alkanes) is 1. The summed E-state index contributed by atoms with van der Waals surface area (Å²) < 4.78 is 58.4. The SMILES string of the molecule is CCCCC(CC(CC(CC)C(=O)NCCNC(=O)COC1C(COCCC)OC(OCC2OC(OCC3OC(OCC4OC(CCC)C(O)C(O)C4O)C(OCC(=O)NCCNC(=O)CCC(=O)O)C(O)C3O)C(O)C(O)C2O)C(O)C1O)C(=O)NCCSC)C(=O)NCCSC.CSCCN.[Au]. The predicted molar refractivity (Wildman–Crippen MR) is 377 cm³/mol. The van der Waals surface area contributed by atoms with Crippen LogP contribution in [0.15, 0.2) is 0 Å². The van der Waals surface area contributed by atoms with Gasteiger partial charge in [0.1, 0.15) is 111 Å². The molecule has 4 fully saturated rings. The van der Waals surface area contributed by atoms with Crippen LogP contribution in [0.4, 0.5) is 0 Å². The summed E-state index contributed by atoms with van der Waals surface area (Å²) in [6.45, 7) is 5.54. The zero-order chi connectivity index (χ0) is 76.6. The minimum atomic E-state index is -1.99. The molecular formula is C65H119AuN7O28S3. The van der Waals surface area contributed by atoms with E-state index in [4.69, 9.17) is 58.2 Å². The minimum absolute atomic E-state index is 0. The fraction of sp³-hybridized carbons (Fsp3) is 0.892. The normalized spacial score (nSPS) is 29.9. The van der Waals surface area contributed by atoms with Gasteiger partial charge >= 0.3 is 5.97 Å². The molecule has 104 heavy (non-hydrogen) atoms. The number of carbonyl (C=O) groups is 7. The van der Waals surface area contributed by atoms with Gasteiger partial charge in [-0.25, -0.2) is 0 Å². The minimum Gasteiger partial charge on any atom is -0.481 e. The summed E-state index contributed by atoms with van der Waals surface area (Å²) >= 11 is 4.97. The number of aliphatic carboxylic acids is 1. The molecule has 6 amide bonds. The third-order valence-corrected chi connectivity index (χ3v) is 19.2. The van der Waals surface area contributed by atoms with Crippen LogP contribution in [0, 0.1) is 17.8 Å². The fourth-order valence-electron chi connectivity index (χ4n) is 11.4. The first-order valence-electron chi connectivity index (χ1n) is 35.4. The molecule has 0 aromatic carbocycles. The van der Waals surface area contributed by atoms with Gasteiger partial charge in [0, 0.05) is 116 Å². The molecule has 4 heterocycles. The molecule has 0 saturated carbocycles. The van der Waals surface area contributed by atoms with Gasteiger partial charge in [-0.2, -0.15) is 35.3 Å². The Balaban J connectivity index is 0.00000591. The number of carboxylic acids is 1. The number of nitrogens with one attached hydrogen (secondary N) is 6. The Morgan fingerprint density at radius 3 is 1.38 bits per heavy atom. The van der Waals surface area contributed by atoms with Gasteiger partial charge < -0.3 is 141 Å². The van der Waals surface area contributed by atoms with Crippen LogP contribution in [0.1, 0.15) is 98.3 Å². The number of carbonyl (C=O) groups excluding carboxylic acids is 6. The van der Waals surface area contributed by atoms with Crippen LogP contribution < -0.4 is 37.6 Å². The quantitative estimate of drug-likeness (QED) is 0.0201. The topological polar surface area (TPSA) is 533 Å². The van der Waals surface area contributed by atoms with Gasteiger partial charge in [0.25, 0.3) is 0 Å². The third-order valence-electron chi connectivity index (χ3n) is 17.3. The Morgan fingerprint density at radius 2 is 0.865 bits per heavy atom. The number of aliphatic hydroxyl groups excluding tert-OH is 10. The van der Waals surface area contributed by atoms with Gasteiger partial charge in [0.05, 0.1) is 39.0 Å². The van der Waals surface area contributed by atoms with E-state index < -0.39 is 204 Å². The standard InChI is InChI=1S/C62H110N6O28S2.C3H9NS.Au/c1-7-11-13-34(58(85)67-20-23-97-5)26-35(59(86)68-21-24-98-6)25-33(10-4)57(84)66-19-18-65-42(70)31-88-55-40(27-87-22-9-3)96-61(54(83)52(55)81)91-29-38-47(76)50(79)53(82)60(94-38)90-30-39-48(77)51(80)56(89-32-43(71)64-17-16-63-41(69)14-15-44(72)73)62(95-39)92-28-37-46(75)49(78)45(74)36(93-37)12-8-2;1-5-3-2-4;/h33-40,45-56,60-62,74-83H,7-32H2,1-6H3,(H,63,69)(H,64,71)(H,65,70)(H,66,84)(H,67,85)(H,68,86)(H,72,73);2-4H2,1H3;. The second kappa shape index (κ2) is 54.8. The number of ether oxygens (including phenoxy) is 10. The van der Waals surface area contributed by atoms with Crippen LogP contribution in [0.3, 0.4) is 0 Å². The summed E-state index contributed by atoms with van der Waals surface area (Å²) in [7, 11) is 0. The van der Waals surface area contributed by atoms with Crippen LogP contribution in [-0.2, 0) is 103 Å². The van der Waals surface area contributed by atoms with Gasteiger partial charge in [0.15, 0.2) is 18.9 Å². The van der Waals surface area contributed by atoms with Crippen molar-refractivity contribution in [2.24, 2.45) is 23.5 Å². The first kappa shape index (κ1) is 97.3. The smallest absolute Gasteiger partial charge is 0.303 e. The number of thioether (sulfide) groups is 3. The van der Waals surface area contributed by atoms with E-state index in [9.17, 15) is 84.6 Å². The van der Waals surface area contributed by atoms with Gasteiger partial charge in [-0.1, -0.05) is 47.0 Å². The van der Waals surface area contributed by atoms with Crippen molar-refractivity contribution < 1.29 is 159 Å². The first-order chi connectivity index (χ1) is 49.3. The number of aliphatic hydroxyl groups is 10. The van der Waals surface area contributed by atoms with Crippen molar-refractivity contribution in [3.05, 3.63) is 0 Å². The number of rotatable bonds is 49. The summed E-state index contributed by atoms with van der Waals surface area (Å²) in [6.07, 6.45) is -23.3. The first-order valence-corrected chi connectivity index (χ1v) is 39.6. The molecule has 4 saturated heterocycles. The van der Waals surface area contributed by atoms with E-state index >= 15 is 0 Å². The molecule has 23 atom stereocenters. The molecule has 0 bridgehead atoms. The largest absolute Gasteiger partial charge is 0.481 e. The van der Waals surface area contributed by atoms with Crippen molar-refractivity contribution in [3.63, 3.8) is 0 Å². The average Bonchev–Trinajstić information content (AvgIpc) is 0.804. The van der Waals surface area contributed by atoms with E-state index in [0.717, 1.165) is 30.9 Å². The van der Waals surface area contributed by atoms with Crippen LogP contribution >= 0.6 is 35.3 Å². The summed E-state index contributed by atoms with van der Waals surface area (Å²) in [6, 6.07) is 0.